The van der Waals surface area contributed by atoms with Gasteiger partial charge in [-0.1, -0.05) is 35.9 Å². The minimum Gasteiger partial charge on any atom is -0.491 e. The summed E-state index contributed by atoms with van der Waals surface area (Å²) in [4.78, 5) is 12.2. The summed E-state index contributed by atoms with van der Waals surface area (Å²) in [6.07, 6.45) is 0. The molecule has 0 saturated heterocycles. The van der Waals surface area contributed by atoms with Gasteiger partial charge in [-0.15, -0.1) is 0 Å². The number of halogens is 5. The van der Waals surface area contributed by atoms with Crippen LogP contribution in [0.15, 0.2) is 80.1 Å². The van der Waals surface area contributed by atoms with Crippen molar-refractivity contribution in [3.05, 3.63) is 86.8 Å². The lowest BCUT2D eigenvalue weighted by atomic mass is 10.2. The number of nitrogens with two attached hydrogens (primary N) is 3. The van der Waals surface area contributed by atoms with Crippen molar-refractivity contribution < 1.29 is 27.4 Å². The van der Waals surface area contributed by atoms with Crippen LogP contribution in [0.1, 0.15) is 37.5 Å². The molecule has 0 heterocycles. The van der Waals surface area contributed by atoms with E-state index in [-0.39, 0.29) is 19.8 Å². The summed E-state index contributed by atoms with van der Waals surface area (Å²) in [7, 11) is 0. The molecule has 3 rings (SSSR count). The Morgan fingerprint density at radius 1 is 0.617 bits per heavy atom. The molecule has 0 saturated carbocycles. The molecule has 0 amide bonds. The Labute approximate surface area is 288 Å². The van der Waals surface area contributed by atoms with E-state index in [4.69, 9.17) is 43.0 Å². The van der Waals surface area contributed by atoms with E-state index in [1.165, 1.54) is 0 Å². The summed E-state index contributed by atoms with van der Waals surface area (Å²) in [6.45, 7) is 5.46. The van der Waals surface area contributed by atoms with Crippen LogP contribution in [0.3, 0.4) is 0 Å². The molecular formula is C33H43BrClF3N6O3. The van der Waals surface area contributed by atoms with E-state index in [1.807, 2.05) is 30.3 Å². The van der Waals surface area contributed by atoms with E-state index in [9.17, 15) is 13.2 Å². The Bertz CT molecular complexity index is 1340. The number of benzene rings is 3. The van der Waals surface area contributed by atoms with Crippen molar-refractivity contribution in [1.29, 1.82) is 0 Å². The monoisotopic (exact) mass is 739 g/mol. The lowest BCUT2D eigenvalue weighted by Gasteiger charge is -2.07. The maximum absolute atomic E-state index is 11.9. The molecule has 3 aromatic rings. The van der Waals surface area contributed by atoms with Gasteiger partial charge < -0.3 is 31.4 Å². The van der Waals surface area contributed by atoms with Gasteiger partial charge in [-0.2, -0.15) is 0 Å². The van der Waals surface area contributed by atoms with Crippen molar-refractivity contribution in [2.24, 2.45) is 32.2 Å². The molecule has 0 bridgehead atoms. The highest BCUT2D eigenvalue weighted by atomic mass is 79.9. The van der Waals surface area contributed by atoms with Crippen LogP contribution in [0.4, 0.5) is 13.2 Å². The Balaban J connectivity index is 0.000000353. The SMILES string of the molecule is CC(N)=NCc1ccc(OCC[18F])c(Br)c1.CC(N)=NCc1ccc(OCC[18F])c(Cl)c1.CC(N)=NCc1ccc(OCC[18F])cc1. The lowest BCUT2D eigenvalue weighted by molar-refractivity contribution is 0.272. The Kier molecular flexibility index (Phi) is 21.2. The van der Waals surface area contributed by atoms with E-state index in [2.05, 4.69) is 30.9 Å². The standard InChI is InChI=1S/C11H14BrFN2O.C11H14ClFN2O.C11H15FN2O/c2*1-8(14)15-7-9-2-3-11(10(12)6-9)16-5-4-13;1-9(13)14-8-10-2-4-11(5-3-10)15-7-6-12/h2*2-3,6H,4-5,7H2,1H3,(H2,14,15);2-5H,6-8H2,1H3,(H2,13,14)/i2*13-1;12-1. The van der Waals surface area contributed by atoms with Crippen LogP contribution in [0.25, 0.3) is 0 Å². The molecule has 14 heteroatoms. The van der Waals surface area contributed by atoms with Gasteiger partial charge in [0.05, 0.1) is 46.6 Å². The number of hydrogen-bond donors (Lipinski definition) is 3. The maximum Gasteiger partial charge on any atom is 0.138 e. The average molecular weight is 741 g/mol. The first-order valence-corrected chi connectivity index (χ1v) is 15.7. The Morgan fingerprint density at radius 3 is 1.47 bits per heavy atom. The zero-order valence-corrected chi connectivity index (χ0v) is 29.2. The number of aliphatic imine (C=N–C) groups is 3. The second-order valence-electron chi connectivity index (χ2n) is 9.66. The topological polar surface area (TPSA) is 143 Å². The third-order valence-corrected chi connectivity index (χ3v) is 6.38. The number of nitrogens with zero attached hydrogens (tertiary/aromatic N) is 3. The van der Waals surface area contributed by atoms with Crippen molar-refractivity contribution in [2.45, 2.75) is 40.4 Å². The van der Waals surface area contributed by atoms with Crippen molar-refractivity contribution in [3.63, 3.8) is 0 Å². The van der Waals surface area contributed by atoms with Crippen LogP contribution < -0.4 is 31.4 Å². The maximum atomic E-state index is 11.9. The molecule has 0 spiro atoms. The quantitative estimate of drug-likeness (QED) is 0.112. The van der Waals surface area contributed by atoms with Gasteiger partial charge in [0, 0.05) is 0 Å². The number of hydrogen-bond acceptors (Lipinski definition) is 6. The van der Waals surface area contributed by atoms with Crippen LogP contribution in [0.5, 0.6) is 17.2 Å². The molecule has 6 N–H and O–H groups in total. The predicted molar refractivity (Wildman–Crippen MR) is 189 cm³/mol. The summed E-state index contributed by atoms with van der Waals surface area (Å²) in [6, 6.07) is 18.2. The molecule has 3 aromatic carbocycles. The molecule has 0 aromatic heterocycles. The first kappa shape index (κ1) is 41.1. The van der Waals surface area contributed by atoms with Crippen molar-refractivity contribution in [3.8, 4) is 17.2 Å². The van der Waals surface area contributed by atoms with Gasteiger partial charge in [0.15, 0.2) is 0 Å². The third-order valence-electron chi connectivity index (χ3n) is 5.46. The predicted octanol–water partition coefficient (Wildman–Crippen LogP) is 7.15. The van der Waals surface area contributed by atoms with Crippen molar-refractivity contribution >= 4 is 45.0 Å². The molecule has 0 aliphatic heterocycles. The Morgan fingerprint density at radius 2 is 1.02 bits per heavy atom. The summed E-state index contributed by atoms with van der Waals surface area (Å²) in [5.74, 6) is 3.42. The molecule has 9 nitrogen and oxygen atoms in total. The fourth-order valence-corrected chi connectivity index (χ4v) is 4.11. The summed E-state index contributed by atoms with van der Waals surface area (Å²) in [5.41, 5.74) is 19.3. The zero-order valence-electron chi connectivity index (χ0n) is 26.8. The summed E-state index contributed by atoms with van der Waals surface area (Å²) < 4.78 is 51.8. The molecule has 0 atom stereocenters. The van der Waals surface area contributed by atoms with Crippen molar-refractivity contribution in [2.75, 3.05) is 39.8 Å². The highest BCUT2D eigenvalue weighted by Gasteiger charge is 2.04. The van der Waals surface area contributed by atoms with Gasteiger partial charge in [0.25, 0.3) is 0 Å². The Hall–Kier alpha value is -3.97. The number of amidine groups is 3. The molecule has 0 aliphatic carbocycles. The van der Waals surface area contributed by atoms with Gasteiger partial charge in [0.1, 0.15) is 57.1 Å². The number of ether oxygens (including phenoxy) is 3. The molecule has 47 heavy (non-hydrogen) atoms. The highest BCUT2D eigenvalue weighted by Crippen LogP contribution is 2.27. The summed E-state index contributed by atoms with van der Waals surface area (Å²) >= 11 is 9.31. The van der Waals surface area contributed by atoms with Crippen LogP contribution in [0.2, 0.25) is 5.02 Å². The number of rotatable bonds is 15. The first-order valence-electron chi connectivity index (χ1n) is 14.5. The second kappa shape index (κ2) is 24.2. The molecule has 0 unspecified atom stereocenters. The van der Waals surface area contributed by atoms with E-state index in [0.717, 1.165) is 21.2 Å². The van der Waals surface area contributed by atoms with E-state index in [1.54, 1.807) is 51.1 Å². The minimum atomic E-state index is -0.533. The normalized spacial score (nSPS) is 11.5. The zero-order chi connectivity index (χ0) is 35.0. The van der Waals surface area contributed by atoms with Gasteiger partial charge in [-0.3, -0.25) is 15.0 Å². The molecule has 0 radical (unpaired) electrons. The largest absolute Gasteiger partial charge is 0.491 e. The summed E-state index contributed by atoms with van der Waals surface area (Å²) in [5, 5.41) is 0.454. The van der Waals surface area contributed by atoms with Gasteiger partial charge in [-0.05, 0) is 89.8 Å². The van der Waals surface area contributed by atoms with E-state index < -0.39 is 20.0 Å². The second-order valence-corrected chi connectivity index (χ2v) is 10.9. The van der Waals surface area contributed by atoms with E-state index >= 15 is 0 Å². The van der Waals surface area contributed by atoms with Gasteiger partial charge in [0.2, 0.25) is 0 Å². The van der Waals surface area contributed by atoms with Crippen LogP contribution >= 0.6 is 27.5 Å². The highest BCUT2D eigenvalue weighted by molar-refractivity contribution is 9.10. The molecule has 0 fully saturated rings. The molecular weight excluding hydrogens is 698 g/mol. The lowest BCUT2D eigenvalue weighted by Crippen LogP contribution is -2.05. The first-order chi connectivity index (χ1) is 22.5. The fourth-order valence-electron chi connectivity index (χ4n) is 3.31. The minimum absolute atomic E-state index is 0.0130. The molecule has 258 valence electrons. The van der Waals surface area contributed by atoms with Crippen LogP contribution in [0, 0.1) is 0 Å². The van der Waals surface area contributed by atoms with Gasteiger partial charge in [-0.25, -0.2) is 13.2 Å². The van der Waals surface area contributed by atoms with Crippen LogP contribution in [-0.2, 0) is 19.6 Å². The third kappa shape index (κ3) is 19.3. The fraction of sp³-hybridized carbons (Fsp3) is 0.364. The van der Waals surface area contributed by atoms with Crippen LogP contribution in [-0.4, -0.2) is 57.4 Å². The van der Waals surface area contributed by atoms with Gasteiger partial charge >= 0.3 is 0 Å². The van der Waals surface area contributed by atoms with E-state index in [0.29, 0.717) is 59.4 Å². The van der Waals surface area contributed by atoms with Crippen molar-refractivity contribution in [1.82, 2.24) is 0 Å². The smallest absolute Gasteiger partial charge is 0.138 e. The molecule has 0 aliphatic rings. The average Bonchev–Trinajstić information content (AvgIpc) is 3.04. The number of alkyl halides is 3.